The Bertz CT molecular complexity index is 1020. The van der Waals surface area contributed by atoms with Gasteiger partial charge in [-0.2, -0.15) is 0 Å². The van der Waals surface area contributed by atoms with Crippen LogP contribution in [0.1, 0.15) is 36.9 Å². The molecule has 4 rings (SSSR count). The number of nitrogens with one attached hydrogen (secondary N) is 1. The van der Waals surface area contributed by atoms with Crippen LogP contribution in [0.5, 0.6) is 11.5 Å². The molecule has 174 valence electrons. The van der Waals surface area contributed by atoms with Crippen LogP contribution in [-0.4, -0.2) is 46.7 Å². The molecule has 1 N–H and O–H groups in total. The van der Waals surface area contributed by atoms with E-state index in [0.717, 1.165) is 42.0 Å². The van der Waals surface area contributed by atoms with Crippen molar-refractivity contribution in [3.05, 3.63) is 78.4 Å². The van der Waals surface area contributed by atoms with E-state index in [0.29, 0.717) is 19.6 Å². The second-order valence-electron chi connectivity index (χ2n) is 8.41. The second kappa shape index (κ2) is 11.0. The SMILES string of the molecule is CC[C@H]1CN(CC(=O)N[C@H](CCn2ccnc2)c2ccccc2)Cc2cc(OC)ccc2O1. The lowest BCUT2D eigenvalue weighted by molar-refractivity contribution is -0.123. The molecule has 0 fully saturated rings. The van der Waals surface area contributed by atoms with Gasteiger partial charge < -0.3 is 19.4 Å². The number of aryl methyl sites for hydroxylation is 1. The summed E-state index contributed by atoms with van der Waals surface area (Å²) in [6.45, 7) is 4.54. The van der Waals surface area contributed by atoms with Gasteiger partial charge in [-0.1, -0.05) is 37.3 Å². The third kappa shape index (κ3) is 6.14. The molecule has 7 heteroatoms. The smallest absolute Gasteiger partial charge is 0.234 e. The molecule has 1 amide bonds. The molecule has 2 aromatic carbocycles. The highest BCUT2D eigenvalue weighted by Gasteiger charge is 2.25. The van der Waals surface area contributed by atoms with E-state index in [1.165, 1.54) is 0 Å². The summed E-state index contributed by atoms with van der Waals surface area (Å²) in [5, 5.41) is 3.26. The molecule has 3 aromatic rings. The second-order valence-corrected chi connectivity index (χ2v) is 8.41. The van der Waals surface area contributed by atoms with Gasteiger partial charge in [-0.3, -0.25) is 9.69 Å². The fraction of sp³-hybridized carbons (Fsp3) is 0.385. The number of amides is 1. The molecule has 0 radical (unpaired) electrons. The van der Waals surface area contributed by atoms with E-state index in [9.17, 15) is 4.79 Å². The maximum Gasteiger partial charge on any atom is 0.234 e. The predicted molar refractivity (Wildman–Crippen MR) is 127 cm³/mol. The third-order valence-corrected chi connectivity index (χ3v) is 6.01. The van der Waals surface area contributed by atoms with Crippen molar-refractivity contribution in [1.29, 1.82) is 0 Å². The van der Waals surface area contributed by atoms with Gasteiger partial charge in [-0.05, 0) is 36.6 Å². The summed E-state index contributed by atoms with van der Waals surface area (Å²) >= 11 is 0. The Morgan fingerprint density at radius 1 is 1.27 bits per heavy atom. The molecule has 0 aliphatic carbocycles. The summed E-state index contributed by atoms with van der Waals surface area (Å²) in [5.74, 6) is 1.67. The van der Waals surface area contributed by atoms with Crippen molar-refractivity contribution in [3.63, 3.8) is 0 Å². The number of hydrogen-bond donors (Lipinski definition) is 1. The lowest BCUT2D eigenvalue weighted by Gasteiger charge is -2.25. The number of methoxy groups -OCH3 is 1. The van der Waals surface area contributed by atoms with Crippen LogP contribution < -0.4 is 14.8 Å². The minimum atomic E-state index is -0.0707. The summed E-state index contributed by atoms with van der Waals surface area (Å²) in [6, 6.07) is 15.9. The van der Waals surface area contributed by atoms with Crippen molar-refractivity contribution in [1.82, 2.24) is 19.8 Å². The molecule has 1 aromatic heterocycles. The van der Waals surface area contributed by atoms with Crippen molar-refractivity contribution < 1.29 is 14.3 Å². The molecule has 7 nitrogen and oxygen atoms in total. The topological polar surface area (TPSA) is 68.6 Å². The van der Waals surface area contributed by atoms with Crippen LogP contribution in [0.15, 0.2) is 67.3 Å². The molecule has 1 aliphatic heterocycles. The van der Waals surface area contributed by atoms with Crippen LogP contribution in [0.3, 0.4) is 0 Å². The first-order valence-electron chi connectivity index (χ1n) is 11.5. The van der Waals surface area contributed by atoms with Crippen LogP contribution in [0.2, 0.25) is 0 Å². The zero-order valence-electron chi connectivity index (χ0n) is 19.3. The minimum Gasteiger partial charge on any atom is -0.497 e. The van der Waals surface area contributed by atoms with Crippen molar-refractivity contribution in [2.24, 2.45) is 0 Å². The maximum absolute atomic E-state index is 13.2. The van der Waals surface area contributed by atoms with E-state index in [2.05, 4.69) is 34.3 Å². The first kappa shape index (κ1) is 22.9. The molecular formula is C26H32N4O3. The average molecular weight is 449 g/mol. The number of nitrogens with zero attached hydrogens (tertiary/aromatic N) is 3. The van der Waals surface area contributed by atoms with Gasteiger partial charge in [0.15, 0.2) is 0 Å². The van der Waals surface area contributed by atoms with Crippen LogP contribution in [-0.2, 0) is 17.9 Å². The van der Waals surface area contributed by atoms with E-state index in [1.54, 1.807) is 19.6 Å². The molecule has 2 atom stereocenters. The van der Waals surface area contributed by atoms with Gasteiger partial charge in [0.2, 0.25) is 5.91 Å². The summed E-state index contributed by atoms with van der Waals surface area (Å²) in [7, 11) is 1.66. The fourth-order valence-electron chi connectivity index (χ4n) is 4.21. The Hall–Kier alpha value is -3.32. The molecule has 0 saturated heterocycles. The minimum absolute atomic E-state index is 0.00989. The maximum atomic E-state index is 13.2. The summed E-state index contributed by atoms with van der Waals surface area (Å²) in [5.41, 5.74) is 2.14. The molecular weight excluding hydrogens is 416 g/mol. The van der Waals surface area contributed by atoms with Gasteiger partial charge in [0.1, 0.15) is 17.6 Å². The number of hydrogen-bond acceptors (Lipinski definition) is 5. The van der Waals surface area contributed by atoms with Crippen molar-refractivity contribution in [3.8, 4) is 11.5 Å². The molecule has 0 unspecified atom stereocenters. The Morgan fingerprint density at radius 2 is 2.12 bits per heavy atom. The largest absolute Gasteiger partial charge is 0.497 e. The first-order chi connectivity index (χ1) is 16.1. The monoisotopic (exact) mass is 448 g/mol. The summed E-state index contributed by atoms with van der Waals surface area (Å²) in [4.78, 5) is 19.4. The molecule has 0 spiro atoms. The van der Waals surface area contributed by atoms with Crippen molar-refractivity contribution in [2.75, 3.05) is 20.2 Å². The van der Waals surface area contributed by atoms with Gasteiger partial charge in [-0.15, -0.1) is 0 Å². The number of carbonyl (C=O) groups is 1. The lowest BCUT2D eigenvalue weighted by Crippen LogP contribution is -2.41. The Morgan fingerprint density at radius 3 is 2.85 bits per heavy atom. The predicted octanol–water partition coefficient (Wildman–Crippen LogP) is 3.81. The van der Waals surface area contributed by atoms with Gasteiger partial charge in [0.05, 0.1) is 26.0 Å². The van der Waals surface area contributed by atoms with Crippen LogP contribution in [0.25, 0.3) is 0 Å². The Balaban J connectivity index is 1.45. The number of ether oxygens (including phenoxy) is 2. The van der Waals surface area contributed by atoms with Gasteiger partial charge in [-0.25, -0.2) is 4.98 Å². The number of fused-ring (bicyclic) bond motifs is 1. The van der Waals surface area contributed by atoms with E-state index >= 15 is 0 Å². The van der Waals surface area contributed by atoms with Gasteiger partial charge in [0, 0.05) is 37.6 Å². The quantitative estimate of drug-likeness (QED) is 0.539. The summed E-state index contributed by atoms with van der Waals surface area (Å²) < 4.78 is 13.6. The number of imidazole rings is 1. The van der Waals surface area contributed by atoms with E-state index in [1.807, 2.05) is 47.2 Å². The molecule has 0 bridgehead atoms. The molecule has 2 heterocycles. The highest BCUT2D eigenvalue weighted by atomic mass is 16.5. The standard InChI is InChI=1S/C26H32N4O3/c1-3-22-17-30(16-21-15-23(32-2)9-10-25(21)33-22)18-26(31)28-24(20-7-5-4-6-8-20)11-13-29-14-12-27-19-29/h4-10,12,14-15,19,22,24H,3,11,13,16-18H2,1-2H3,(H,28,31)/t22-,24+/m0/s1. The van der Waals surface area contributed by atoms with Gasteiger partial charge in [0.25, 0.3) is 0 Å². The lowest BCUT2D eigenvalue weighted by atomic mass is 10.0. The number of rotatable bonds is 9. The van der Waals surface area contributed by atoms with Crippen LogP contribution >= 0.6 is 0 Å². The Labute approximate surface area is 195 Å². The third-order valence-electron chi connectivity index (χ3n) is 6.01. The highest BCUT2D eigenvalue weighted by Crippen LogP contribution is 2.29. The first-order valence-corrected chi connectivity index (χ1v) is 11.5. The number of carbonyl (C=O) groups excluding carboxylic acids is 1. The number of aromatic nitrogens is 2. The Kier molecular flexibility index (Phi) is 7.62. The summed E-state index contributed by atoms with van der Waals surface area (Å²) in [6.07, 6.45) is 7.22. The fourth-order valence-corrected chi connectivity index (χ4v) is 4.21. The number of benzene rings is 2. The normalized spacial score (nSPS) is 16.8. The van der Waals surface area contributed by atoms with E-state index < -0.39 is 0 Å². The zero-order chi connectivity index (χ0) is 23.0. The molecule has 0 saturated carbocycles. The highest BCUT2D eigenvalue weighted by molar-refractivity contribution is 5.78. The van der Waals surface area contributed by atoms with E-state index in [4.69, 9.17) is 9.47 Å². The van der Waals surface area contributed by atoms with Crippen molar-refractivity contribution in [2.45, 2.75) is 45.0 Å². The van der Waals surface area contributed by atoms with Crippen molar-refractivity contribution >= 4 is 5.91 Å². The van der Waals surface area contributed by atoms with Crippen LogP contribution in [0, 0.1) is 0 Å². The van der Waals surface area contributed by atoms with Gasteiger partial charge >= 0.3 is 0 Å². The molecule has 33 heavy (non-hydrogen) atoms. The van der Waals surface area contributed by atoms with E-state index in [-0.39, 0.29) is 18.1 Å². The van der Waals surface area contributed by atoms with Crippen LogP contribution in [0.4, 0.5) is 0 Å². The zero-order valence-corrected chi connectivity index (χ0v) is 19.3. The molecule has 1 aliphatic rings. The average Bonchev–Trinajstić information content (AvgIpc) is 3.29.